The number of carbonyl (C=O) groups is 1. The third-order valence-electron chi connectivity index (χ3n) is 3.60. The first-order chi connectivity index (χ1) is 12.9. The smallest absolute Gasteiger partial charge is 0.272 e. The first-order valence-corrected chi connectivity index (χ1v) is 8.76. The van der Waals surface area contributed by atoms with E-state index in [2.05, 4.69) is 15.5 Å². The van der Waals surface area contributed by atoms with E-state index in [1.54, 1.807) is 10.9 Å². The van der Waals surface area contributed by atoms with Crippen LogP contribution >= 0.6 is 11.8 Å². The summed E-state index contributed by atoms with van der Waals surface area (Å²) in [5.74, 6) is -1.36. The summed E-state index contributed by atoms with van der Waals surface area (Å²) in [6, 6.07) is 10.8. The zero-order chi connectivity index (χ0) is 19.4. The lowest BCUT2D eigenvalue weighted by atomic mass is 10.2. The van der Waals surface area contributed by atoms with Crippen LogP contribution in [0, 0.1) is 22.9 Å². The zero-order valence-corrected chi connectivity index (χ0v) is 14.9. The Hall–Kier alpha value is -3.27. The number of anilines is 1. The first kappa shape index (κ1) is 18.5. The van der Waals surface area contributed by atoms with Gasteiger partial charge in [-0.25, -0.2) is 4.39 Å². The highest BCUT2D eigenvalue weighted by Crippen LogP contribution is 2.22. The molecule has 0 radical (unpaired) electrons. The van der Waals surface area contributed by atoms with Gasteiger partial charge in [0.05, 0.1) is 22.4 Å². The third-order valence-corrected chi connectivity index (χ3v) is 4.54. The molecule has 138 valence electrons. The zero-order valence-electron chi connectivity index (χ0n) is 14.1. The largest absolute Gasteiger partial charge is 0.323 e. The lowest BCUT2D eigenvalue weighted by Crippen LogP contribution is -2.15. The highest BCUT2D eigenvalue weighted by Gasteiger charge is 2.14. The van der Waals surface area contributed by atoms with Crippen molar-refractivity contribution < 1.29 is 14.1 Å². The van der Waals surface area contributed by atoms with Gasteiger partial charge >= 0.3 is 0 Å². The average molecular weight is 387 g/mol. The molecule has 0 unspecified atom stereocenters. The highest BCUT2D eigenvalue weighted by molar-refractivity contribution is 7.99. The van der Waals surface area contributed by atoms with E-state index in [0.717, 1.165) is 41.2 Å². The van der Waals surface area contributed by atoms with Crippen LogP contribution in [0.3, 0.4) is 0 Å². The van der Waals surface area contributed by atoms with Crippen LogP contribution in [0.5, 0.6) is 0 Å². The maximum atomic E-state index is 13.9. The van der Waals surface area contributed by atoms with Crippen LogP contribution in [0.25, 0.3) is 5.69 Å². The van der Waals surface area contributed by atoms with E-state index in [-0.39, 0.29) is 17.1 Å². The molecule has 8 nitrogen and oxygen atoms in total. The number of amides is 1. The van der Waals surface area contributed by atoms with Crippen molar-refractivity contribution in [3.8, 4) is 5.69 Å². The molecule has 0 spiro atoms. The third kappa shape index (κ3) is 4.47. The van der Waals surface area contributed by atoms with Gasteiger partial charge in [-0.3, -0.25) is 19.5 Å². The first-order valence-electron chi connectivity index (χ1n) is 7.77. The summed E-state index contributed by atoms with van der Waals surface area (Å²) in [5, 5.41) is 21.4. The minimum Gasteiger partial charge on any atom is -0.323 e. The van der Waals surface area contributed by atoms with Gasteiger partial charge in [-0.05, 0) is 25.1 Å². The quantitative estimate of drug-likeness (QED) is 0.395. The van der Waals surface area contributed by atoms with Crippen molar-refractivity contribution in [2.24, 2.45) is 0 Å². The second-order valence-electron chi connectivity index (χ2n) is 5.58. The van der Waals surface area contributed by atoms with Gasteiger partial charge in [0.15, 0.2) is 11.0 Å². The number of rotatable bonds is 6. The van der Waals surface area contributed by atoms with E-state index < -0.39 is 16.6 Å². The fourth-order valence-electron chi connectivity index (χ4n) is 2.24. The van der Waals surface area contributed by atoms with Gasteiger partial charge in [0.1, 0.15) is 6.33 Å². The van der Waals surface area contributed by atoms with E-state index in [4.69, 9.17) is 0 Å². The van der Waals surface area contributed by atoms with Crippen molar-refractivity contribution in [1.29, 1.82) is 0 Å². The molecule has 0 aliphatic heterocycles. The van der Waals surface area contributed by atoms with Crippen molar-refractivity contribution in [3.63, 3.8) is 0 Å². The van der Waals surface area contributed by atoms with Crippen LogP contribution < -0.4 is 5.32 Å². The normalized spacial score (nSPS) is 10.6. The molecule has 1 heterocycles. The van der Waals surface area contributed by atoms with Gasteiger partial charge in [-0.1, -0.05) is 29.5 Å². The minimum absolute atomic E-state index is 0.0268. The predicted octanol–water partition coefficient (Wildman–Crippen LogP) is 3.35. The van der Waals surface area contributed by atoms with E-state index in [1.807, 2.05) is 31.2 Å². The highest BCUT2D eigenvalue weighted by atomic mass is 32.2. The maximum Gasteiger partial charge on any atom is 0.272 e. The molecule has 2 aromatic carbocycles. The molecular formula is C17H14FN5O3S. The summed E-state index contributed by atoms with van der Waals surface area (Å²) in [4.78, 5) is 22.0. The van der Waals surface area contributed by atoms with Crippen molar-refractivity contribution in [2.45, 2.75) is 12.1 Å². The SMILES string of the molecule is Cc1ccc(-n2cnnc2SCC(=O)Nc2ccc([N+](=O)[O-])cc2F)cc1. The van der Waals surface area contributed by atoms with Gasteiger partial charge in [-0.15, -0.1) is 10.2 Å². The number of aryl methyl sites for hydroxylation is 1. The summed E-state index contributed by atoms with van der Waals surface area (Å²) in [6.45, 7) is 1.98. The summed E-state index contributed by atoms with van der Waals surface area (Å²) >= 11 is 1.14. The summed E-state index contributed by atoms with van der Waals surface area (Å²) in [7, 11) is 0. The Labute approximate surface area is 157 Å². The Bertz CT molecular complexity index is 990. The number of nitrogens with one attached hydrogen (secondary N) is 1. The Morgan fingerprint density at radius 2 is 2.04 bits per heavy atom. The predicted molar refractivity (Wildman–Crippen MR) is 98.5 cm³/mol. The van der Waals surface area contributed by atoms with Crippen LogP contribution in [0.1, 0.15) is 5.56 Å². The topological polar surface area (TPSA) is 103 Å². The number of carbonyl (C=O) groups excluding carboxylic acids is 1. The number of non-ortho nitro benzene ring substituents is 1. The van der Waals surface area contributed by atoms with Crippen LogP contribution in [-0.4, -0.2) is 31.3 Å². The summed E-state index contributed by atoms with van der Waals surface area (Å²) in [6.07, 6.45) is 1.54. The lowest BCUT2D eigenvalue weighted by molar-refractivity contribution is -0.385. The van der Waals surface area contributed by atoms with E-state index in [0.29, 0.717) is 5.16 Å². The van der Waals surface area contributed by atoms with Crippen molar-refractivity contribution >= 4 is 29.0 Å². The Morgan fingerprint density at radius 3 is 2.70 bits per heavy atom. The average Bonchev–Trinajstić information content (AvgIpc) is 3.10. The van der Waals surface area contributed by atoms with Crippen molar-refractivity contribution in [3.05, 3.63) is 70.3 Å². The summed E-state index contributed by atoms with van der Waals surface area (Å²) < 4.78 is 15.6. The molecule has 3 rings (SSSR count). The maximum absolute atomic E-state index is 13.9. The van der Waals surface area contributed by atoms with Crippen LogP contribution in [0.2, 0.25) is 0 Å². The van der Waals surface area contributed by atoms with Crippen molar-refractivity contribution in [1.82, 2.24) is 14.8 Å². The van der Waals surface area contributed by atoms with E-state index in [9.17, 15) is 19.3 Å². The molecule has 0 aliphatic rings. The van der Waals surface area contributed by atoms with E-state index in [1.165, 1.54) is 0 Å². The molecule has 27 heavy (non-hydrogen) atoms. The number of nitro groups is 1. The van der Waals surface area contributed by atoms with Gasteiger partial charge in [0.25, 0.3) is 5.69 Å². The number of halogens is 1. The molecule has 0 saturated heterocycles. The standard InChI is InChI=1S/C17H14FN5O3S/c1-11-2-4-12(5-3-11)22-10-19-21-17(22)27-9-16(24)20-15-7-6-13(23(25)26)8-14(15)18/h2-8,10H,9H2,1H3,(H,20,24). The molecule has 0 saturated carbocycles. The van der Waals surface area contributed by atoms with Crippen molar-refractivity contribution in [2.75, 3.05) is 11.1 Å². The van der Waals surface area contributed by atoms with E-state index >= 15 is 0 Å². The number of aromatic nitrogens is 3. The monoisotopic (exact) mass is 387 g/mol. The number of nitrogens with zero attached hydrogens (tertiary/aromatic N) is 4. The number of hydrogen-bond acceptors (Lipinski definition) is 6. The molecule has 0 bridgehead atoms. The molecule has 1 amide bonds. The Kier molecular flexibility index (Phi) is 5.46. The molecule has 10 heteroatoms. The lowest BCUT2D eigenvalue weighted by Gasteiger charge is -2.08. The summed E-state index contributed by atoms with van der Waals surface area (Å²) in [5.41, 5.74) is 1.47. The fraction of sp³-hybridized carbons (Fsp3) is 0.118. The number of benzene rings is 2. The molecule has 0 atom stereocenters. The minimum atomic E-state index is -0.870. The van der Waals surface area contributed by atoms with Gasteiger partial charge in [0, 0.05) is 11.8 Å². The van der Waals surface area contributed by atoms with Gasteiger partial charge in [-0.2, -0.15) is 0 Å². The molecule has 1 N–H and O–H groups in total. The molecule has 0 fully saturated rings. The van der Waals surface area contributed by atoms with Crippen LogP contribution in [0.15, 0.2) is 53.9 Å². The molecule has 3 aromatic rings. The van der Waals surface area contributed by atoms with Crippen LogP contribution in [0.4, 0.5) is 15.8 Å². The second-order valence-corrected chi connectivity index (χ2v) is 6.52. The second kappa shape index (κ2) is 7.96. The molecule has 0 aliphatic carbocycles. The number of hydrogen-bond donors (Lipinski definition) is 1. The number of thioether (sulfide) groups is 1. The van der Waals surface area contributed by atoms with Gasteiger partial charge in [0.2, 0.25) is 5.91 Å². The molecular weight excluding hydrogens is 373 g/mol. The van der Waals surface area contributed by atoms with Crippen LogP contribution in [-0.2, 0) is 4.79 Å². The fourth-order valence-corrected chi connectivity index (χ4v) is 2.97. The Balaban J connectivity index is 1.64. The Morgan fingerprint density at radius 1 is 1.30 bits per heavy atom. The number of nitro benzene ring substituents is 1. The molecule has 1 aromatic heterocycles. The van der Waals surface area contributed by atoms with Gasteiger partial charge < -0.3 is 5.32 Å².